The smallest absolute Gasteiger partial charge is 0.221 e. The van der Waals surface area contributed by atoms with Gasteiger partial charge in [0, 0.05) is 19.1 Å². The molecule has 4 nitrogen and oxygen atoms in total. The number of rotatable bonds is 4. The standard InChI is InChI=1S/C12H24N2O2/c1-4-12(3,16)8-14-7-10(11(13)15)6-5-9(14)2/h9-10,16H,4-8H2,1-3H3,(H2,13,15). The van der Waals surface area contributed by atoms with Gasteiger partial charge in [-0.25, -0.2) is 0 Å². The van der Waals surface area contributed by atoms with E-state index < -0.39 is 5.60 Å². The molecule has 0 aromatic carbocycles. The Kier molecular flexibility index (Phi) is 4.33. The van der Waals surface area contributed by atoms with Crippen LogP contribution in [0.2, 0.25) is 0 Å². The number of nitrogens with zero attached hydrogens (tertiary/aromatic N) is 1. The summed E-state index contributed by atoms with van der Waals surface area (Å²) in [6, 6.07) is 0.425. The molecule has 1 heterocycles. The van der Waals surface area contributed by atoms with Crippen LogP contribution in [0.25, 0.3) is 0 Å². The summed E-state index contributed by atoms with van der Waals surface area (Å²) >= 11 is 0. The van der Waals surface area contributed by atoms with E-state index in [1.54, 1.807) is 0 Å². The number of carbonyl (C=O) groups excluding carboxylic acids is 1. The van der Waals surface area contributed by atoms with Gasteiger partial charge in [0.05, 0.1) is 11.5 Å². The molecule has 1 rings (SSSR count). The highest BCUT2D eigenvalue weighted by Crippen LogP contribution is 2.24. The zero-order valence-electron chi connectivity index (χ0n) is 10.6. The van der Waals surface area contributed by atoms with Crippen molar-refractivity contribution >= 4 is 5.91 Å². The summed E-state index contributed by atoms with van der Waals surface area (Å²) in [6.07, 6.45) is 2.58. The molecule has 16 heavy (non-hydrogen) atoms. The Labute approximate surface area is 97.8 Å². The first kappa shape index (κ1) is 13.5. The first-order chi connectivity index (χ1) is 7.35. The lowest BCUT2D eigenvalue weighted by Gasteiger charge is -2.40. The van der Waals surface area contributed by atoms with Crippen molar-refractivity contribution in [2.45, 2.75) is 51.7 Å². The van der Waals surface area contributed by atoms with E-state index in [2.05, 4.69) is 11.8 Å². The lowest BCUT2D eigenvalue weighted by molar-refractivity contribution is -0.124. The second-order valence-electron chi connectivity index (χ2n) is 5.31. The average molecular weight is 228 g/mol. The predicted molar refractivity (Wildman–Crippen MR) is 63.9 cm³/mol. The van der Waals surface area contributed by atoms with E-state index in [1.165, 1.54) is 0 Å². The number of hydrogen-bond donors (Lipinski definition) is 2. The number of carbonyl (C=O) groups is 1. The predicted octanol–water partition coefficient (Wildman–Crippen LogP) is 0.733. The van der Waals surface area contributed by atoms with Crippen molar-refractivity contribution in [1.82, 2.24) is 4.90 Å². The number of amides is 1. The molecule has 0 bridgehead atoms. The lowest BCUT2D eigenvalue weighted by Crippen LogP contribution is -2.51. The fourth-order valence-corrected chi connectivity index (χ4v) is 2.18. The van der Waals surface area contributed by atoms with Crippen LogP contribution in [-0.2, 0) is 4.79 Å². The molecule has 3 unspecified atom stereocenters. The highest BCUT2D eigenvalue weighted by molar-refractivity contribution is 5.76. The number of piperidine rings is 1. The van der Waals surface area contributed by atoms with Gasteiger partial charge in [-0.05, 0) is 33.1 Å². The Hall–Kier alpha value is -0.610. The summed E-state index contributed by atoms with van der Waals surface area (Å²) < 4.78 is 0. The molecule has 3 atom stereocenters. The van der Waals surface area contributed by atoms with E-state index in [9.17, 15) is 9.90 Å². The van der Waals surface area contributed by atoms with Crippen molar-refractivity contribution in [3.05, 3.63) is 0 Å². The zero-order valence-corrected chi connectivity index (χ0v) is 10.6. The van der Waals surface area contributed by atoms with Gasteiger partial charge in [-0.2, -0.15) is 0 Å². The first-order valence-electron chi connectivity index (χ1n) is 6.11. The van der Waals surface area contributed by atoms with Crippen molar-refractivity contribution in [2.75, 3.05) is 13.1 Å². The normalized spacial score (nSPS) is 31.0. The molecular formula is C12H24N2O2. The van der Waals surface area contributed by atoms with E-state index in [0.717, 1.165) is 19.3 Å². The number of β-amino-alcohol motifs (C(OH)–C–C–N with tert-alkyl or cyclic N) is 1. The average Bonchev–Trinajstić information content (AvgIpc) is 2.21. The summed E-state index contributed by atoms with van der Waals surface area (Å²) in [4.78, 5) is 13.4. The Balaban J connectivity index is 2.59. The molecule has 4 heteroatoms. The zero-order chi connectivity index (χ0) is 12.3. The summed E-state index contributed by atoms with van der Waals surface area (Å²) in [5, 5.41) is 10.1. The van der Waals surface area contributed by atoms with Gasteiger partial charge in [0.15, 0.2) is 0 Å². The van der Waals surface area contributed by atoms with E-state index >= 15 is 0 Å². The Bertz CT molecular complexity index is 253. The van der Waals surface area contributed by atoms with E-state index in [-0.39, 0.29) is 11.8 Å². The highest BCUT2D eigenvalue weighted by Gasteiger charge is 2.32. The minimum atomic E-state index is -0.673. The van der Waals surface area contributed by atoms with E-state index in [4.69, 9.17) is 5.73 Å². The lowest BCUT2D eigenvalue weighted by atomic mass is 9.91. The maximum absolute atomic E-state index is 11.2. The number of aliphatic hydroxyl groups is 1. The molecule has 94 valence electrons. The van der Waals surface area contributed by atoms with Crippen molar-refractivity contribution < 1.29 is 9.90 Å². The van der Waals surface area contributed by atoms with Crippen molar-refractivity contribution in [2.24, 2.45) is 11.7 Å². The topological polar surface area (TPSA) is 66.6 Å². The maximum atomic E-state index is 11.2. The molecule has 0 radical (unpaired) electrons. The highest BCUT2D eigenvalue weighted by atomic mass is 16.3. The molecule has 0 aliphatic carbocycles. The summed E-state index contributed by atoms with van der Waals surface area (Å²) in [5.41, 5.74) is 4.67. The van der Waals surface area contributed by atoms with Crippen LogP contribution in [0.3, 0.4) is 0 Å². The molecule has 1 fully saturated rings. The molecule has 1 saturated heterocycles. The van der Waals surface area contributed by atoms with Crippen LogP contribution in [0, 0.1) is 5.92 Å². The molecule has 1 aliphatic heterocycles. The number of hydrogen-bond acceptors (Lipinski definition) is 3. The van der Waals surface area contributed by atoms with Gasteiger partial charge < -0.3 is 10.8 Å². The van der Waals surface area contributed by atoms with Crippen LogP contribution < -0.4 is 5.73 Å². The van der Waals surface area contributed by atoms with Crippen LogP contribution in [0.5, 0.6) is 0 Å². The largest absolute Gasteiger partial charge is 0.389 e. The quantitative estimate of drug-likeness (QED) is 0.745. The minimum absolute atomic E-state index is 0.0520. The van der Waals surface area contributed by atoms with Gasteiger partial charge in [-0.1, -0.05) is 6.92 Å². The van der Waals surface area contributed by atoms with Crippen LogP contribution in [0.4, 0.5) is 0 Å². The van der Waals surface area contributed by atoms with Gasteiger partial charge in [-0.15, -0.1) is 0 Å². The van der Waals surface area contributed by atoms with Crippen LogP contribution in [0.1, 0.15) is 40.0 Å². The van der Waals surface area contributed by atoms with Crippen LogP contribution in [-0.4, -0.2) is 40.6 Å². The third-order valence-corrected chi connectivity index (χ3v) is 3.72. The van der Waals surface area contributed by atoms with Crippen LogP contribution >= 0.6 is 0 Å². The van der Waals surface area contributed by atoms with Gasteiger partial charge >= 0.3 is 0 Å². The van der Waals surface area contributed by atoms with Gasteiger partial charge in [0.25, 0.3) is 0 Å². The monoisotopic (exact) mass is 228 g/mol. The fourth-order valence-electron chi connectivity index (χ4n) is 2.18. The van der Waals surface area contributed by atoms with E-state index in [0.29, 0.717) is 19.1 Å². The molecule has 0 aromatic rings. The molecule has 0 aromatic heterocycles. The Morgan fingerprint density at radius 1 is 1.56 bits per heavy atom. The Morgan fingerprint density at radius 2 is 2.19 bits per heavy atom. The van der Waals surface area contributed by atoms with Gasteiger partial charge in [0.2, 0.25) is 5.91 Å². The third-order valence-electron chi connectivity index (χ3n) is 3.72. The second-order valence-corrected chi connectivity index (χ2v) is 5.31. The molecule has 3 N–H and O–H groups in total. The molecule has 1 aliphatic rings. The maximum Gasteiger partial charge on any atom is 0.221 e. The first-order valence-corrected chi connectivity index (χ1v) is 6.11. The fraction of sp³-hybridized carbons (Fsp3) is 0.917. The minimum Gasteiger partial charge on any atom is -0.389 e. The van der Waals surface area contributed by atoms with Crippen LogP contribution in [0.15, 0.2) is 0 Å². The summed E-state index contributed by atoms with van der Waals surface area (Å²) in [6.45, 7) is 7.26. The molecule has 0 spiro atoms. The number of likely N-dealkylation sites (tertiary alicyclic amines) is 1. The summed E-state index contributed by atoms with van der Waals surface area (Å²) in [7, 11) is 0. The molecular weight excluding hydrogens is 204 g/mol. The van der Waals surface area contributed by atoms with Crippen molar-refractivity contribution in [3.8, 4) is 0 Å². The summed E-state index contributed by atoms with van der Waals surface area (Å²) in [5.74, 6) is -0.267. The van der Waals surface area contributed by atoms with Crippen molar-refractivity contribution in [3.63, 3.8) is 0 Å². The van der Waals surface area contributed by atoms with Gasteiger partial charge in [0.1, 0.15) is 0 Å². The molecule has 0 saturated carbocycles. The third kappa shape index (κ3) is 3.46. The Morgan fingerprint density at radius 3 is 2.69 bits per heavy atom. The number of nitrogens with two attached hydrogens (primary N) is 1. The van der Waals surface area contributed by atoms with E-state index in [1.807, 2.05) is 13.8 Å². The molecule has 1 amide bonds. The van der Waals surface area contributed by atoms with Gasteiger partial charge in [-0.3, -0.25) is 9.69 Å². The second kappa shape index (κ2) is 5.15. The van der Waals surface area contributed by atoms with Crippen molar-refractivity contribution in [1.29, 1.82) is 0 Å². The SMILES string of the molecule is CCC(C)(O)CN1CC(C(N)=O)CCC1C. The number of primary amides is 1.